The van der Waals surface area contributed by atoms with Crippen LogP contribution in [-0.2, 0) is 10.0 Å². The Bertz CT molecular complexity index is 1630. The molecule has 2 aliphatic rings. The monoisotopic (exact) mass is 596 g/mol. The number of anilines is 3. The molecule has 6 rings (SSSR count). The van der Waals surface area contributed by atoms with Crippen LogP contribution in [0.3, 0.4) is 0 Å². The molecule has 0 atom stereocenters. The van der Waals surface area contributed by atoms with Crippen molar-refractivity contribution in [2.24, 2.45) is 0 Å². The van der Waals surface area contributed by atoms with Gasteiger partial charge in [-0.3, -0.25) is 4.72 Å². The highest BCUT2D eigenvalue weighted by Gasteiger charge is 2.26. The first-order valence-corrected chi connectivity index (χ1v) is 16.1. The molecular formula is C29H30F2N6O2S2. The van der Waals surface area contributed by atoms with E-state index >= 15 is 0 Å². The summed E-state index contributed by atoms with van der Waals surface area (Å²) in [4.78, 5) is 16.3. The van der Waals surface area contributed by atoms with Crippen molar-refractivity contribution in [3.8, 4) is 21.8 Å². The van der Waals surface area contributed by atoms with Gasteiger partial charge in [-0.2, -0.15) is 0 Å². The fourth-order valence-corrected chi connectivity index (χ4v) is 7.68. The van der Waals surface area contributed by atoms with Gasteiger partial charge in [0.1, 0.15) is 11.6 Å². The van der Waals surface area contributed by atoms with Crippen LogP contribution in [0.2, 0.25) is 0 Å². The Hall–Kier alpha value is -3.64. The third-order valence-electron chi connectivity index (χ3n) is 7.39. The molecule has 4 aromatic rings. The highest BCUT2D eigenvalue weighted by Crippen LogP contribution is 2.41. The number of rotatable bonds is 8. The molecule has 2 aromatic carbocycles. The molecule has 0 radical (unpaired) electrons. The van der Waals surface area contributed by atoms with E-state index in [4.69, 9.17) is 9.97 Å². The molecular weight excluding hydrogens is 566 g/mol. The summed E-state index contributed by atoms with van der Waals surface area (Å²) in [5, 5.41) is 4.35. The van der Waals surface area contributed by atoms with Crippen LogP contribution in [0.4, 0.5) is 25.5 Å². The Morgan fingerprint density at radius 3 is 2.39 bits per heavy atom. The van der Waals surface area contributed by atoms with Crippen molar-refractivity contribution < 1.29 is 17.2 Å². The van der Waals surface area contributed by atoms with Gasteiger partial charge < -0.3 is 10.2 Å². The summed E-state index contributed by atoms with van der Waals surface area (Å²) in [6.07, 6.45) is 9.76. The molecule has 1 aliphatic heterocycles. The Balaban J connectivity index is 1.35. The molecule has 214 valence electrons. The fourth-order valence-electron chi connectivity index (χ4n) is 5.38. The van der Waals surface area contributed by atoms with Gasteiger partial charge in [0.2, 0.25) is 5.95 Å². The van der Waals surface area contributed by atoms with Gasteiger partial charge in [0.15, 0.2) is 10.0 Å². The smallest absolute Gasteiger partial charge is 0.267 e. The summed E-state index contributed by atoms with van der Waals surface area (Å²) in [5.41, 5.74) is 2.18. The van der Waals surface area contributed by atoms with Crippen LogP contribution in [0, 0.1) is 11.6 Å². The van der Waals surface area contributed by atoms with Crippen molar-refractivity contribution in [1.82, 2.24) is 15.0 Å². The maximum Gasteiger partial charge on any atom is 0.267 e. The lowest BCUT2D eigenvalue weighted by Crippen LogP contribution is -2.23. The normalized spacial score (nSPS) is 16.2. The zero-order valence-electron chi connectivity index (χ0n) is 22.3. The number of nitrogens with zero attached hydrogens (tertiary/aromatic N) is 4. The van der Waals surface area contributed by atoms with Crippen molar-refractivity contribution in [3.05, 3.63) is 66.4 Å². The molecule has 12 heteroatoms. The molecule has 2 N–H and O–H groups in total. The number of nitrogens with one attached hydrogen (secondary N) is 2. The second kappa shape index (κ2) is 11.7. The number of hydrogen-bond donors (Lipinski definition) is 2. The van der Waals surface area contributed by atoms with Crippen LogP contribution in [0.25, 0.3) is 21.8 Å². The van der Waals surface area contributed by atoms with E-state index in [1.54, 1.807) is 18.3 Å². The van der Waals surface area contributed by atoms with E-state index in [2.05, 4.69) is 19.9 Å². The minimum atomic E-state index is -4.52. The van der Waals surface area contributed by atoms with E-state index in [0.29, 0.717) is 23.2 Å². The lowest BCUT2D eigenvalue weighted by molar-refractivity contribution is 0.461. The number of benzene rings is 2. The Morgan fingerprint density at radius 1 is 0.902 bits per heavy atom. The predicted molar refractivity (Wildman–Crippen MR) is 158 cm³/mol. The molecule has 0 spiro atoms. The molecule has 1 saturated heterocycles. The van der Waals surface area contributed by atoms with Crippen LogP contribution in [0.5, 0.6) is 0 Å². The third-order valence-corrected chi connectivity index (χ3v) is 9.97. The average molecular weight is 597 g/mol. The van der Waals surface area contributed by atoms with E-state index in [1.807, 2.05) is 12.1 Å². The van der Waals surface area contributed by atoms with E-state index in [-0.39, 0.29) is 5.69 Å². The molecule has 0 amide bonds. The van der Waals surface area contributed by atoms with Gasteiger partial charge in [-0.1, -0.05) is 48.8 Å². The second-order valence-corrected chi connectivity index (χ2v) is 12.9. The lowest BCUT2D eigenvalue weighted by Gasteiger charge is -2.22. The predicted octanol–water partition coefficient (Wildman–Crippen LogP) is 6.69. The molecule has 8 nitrogen and oxygen atoms in total. The van der Waals surface area contributed by atoms with Crippen molar-refractivity contribution in [3.63, 3.8) is 0 Å². The van der Waals surface area contributed by atoms with Crippen molar-refractivity contribution >= 4 is 38.1 Å². The number of hydrogen-bond acceptors (Lipinski definition) is 8. The van der Waals surface area contributed by atoms with Crippen molar-refractivity contribution in [2.45, 2.75) is 55.9 Å². The molecule has 41 heavy (non-hydrogen) atoms. The van der Waals surface area contributed by atoms with Gasteiger partial charge in [0.25, 0.3) is 10.0 Å². The zero-order chi connectivity index (χ0) is 28.4. The molecule has 0 bridgehead atoms. The summed E-state index contributed by atoms with van der Waals surface area (Å²) in [7, 11) is -4.52. The molecule has 1 saturated carbocycles. The minimum Gasteiger partial charge on any atom is -0.351 e. The number of halogens is 2. The second-order valence-electron chi connectivity index (χ2n) is 10.4. The molecule has 0 unspecified atom stereocenters. The quantitative estimate of drug-likeness (QED) is 0.234. The van der Waals surface area contributed by atoms with E-state index < -0.39 is 26.6 Å². The van der Waals surface area contributed by atoms with E-state index in [0.717, 1.165) is 72.7 Å². The molecule has 1 aliphatic carbocycles. The summed E-state index contributed by atoms with van der Waals surface area (Å²) in [6, 6.07) is 11.8. The standard InChI is InChI=1S/C29H30F2N6O2S2/c30-22-12-7-13-23(31)27(22)41(38,39)36-21-11-6-8-19(18-21)25-26(40-29(35-25)37-16-4-5-17-37)24-14-15-32-28(34-24)33-20-9-2-1-3-10-20/h6-8,11-15,18,20,36H,1-5,9-10,16-17H2,(H,32,33,34). The van der Waals surface area contributed by atoms with E-state index in [1.165, 1.54) is 36.7 Å². The highest BCUT2D eigenvalue weighted by molar-refractivity contribution is 7.92. The van der Waals surface area contributed by atoms with Crippen molar-refractivity contribution in [2.75, 3.05) is 28.0 Å². The number of thiazole rings is 1. The van der Waals surface area contributed by atoms with Gasteiger partial charge in [0, 0.05) is 36.6 Å². The maximum atomic E-state index is 14.3. The number of sulfonamides is 1. The topological polar surface area (TPSA) is 100 Å². The first-order valence-electron chi connectivity index (χ1n) is 13.8. The SMILES string of the molecule is O=S(=O)(Nc1cccc(-c2nc(N3CCCC3)sc2-c2ccnc(NC3CCCCC3)n2)c1)c1c(F)cccc1F. The fraction of sp³-hybridized carbons (Fsp3) is 0.345. The minimum absolute atomic E-state index is 0.161. The lowest BCUT2D eigenvalue weighted by atomic mass is 9.96. The van der Waals surface area contributed by atoms with Crippen LogP contribution >= 0.6 is 11.3 Å². The summed E-state index contributed by atoms with van der Waals surface area (Å²) in [5.74, 6) is -1.75. The molecule has 2 aromatic heterocycles. The molecule has 3 heterocycles. The van der Waals surface area contributed by atoms with Gasteiger partial charge >= 0.3 is 0 Å². The van der Waals surface area contributed by atoms with Crippen molar-refractivity contribution in [1.29, 1.82) is 0 Å². The Labute approximate surface area is 241 Å². The largest absolute Gasteiger partial charge is 0.351 e. The molecule has 2 fully saturated rings. The first-order chi connectivity index (χ1) is 19.9. The van der Waals surface area contributed by atoms with Gasteiger partial charge in [0.05, 0.1) is 16.3 Å². The first kappa shape index (κ1) is 27.5. The third kappa shape index (κ3) is 6.03. The van der Waals surface area contributed by atoms with Gasteiger partial charge in [-0.25, -0.2) is 32.2 Å². The van der Waals surface area contributed by atoms with Gasteiger partial charge in [-0.05, 0) is 56.0 Å². The average Bonchev–Trinajstić information content (AvgIpc) is 3.64. The Morgan fingerprint density at radius 2 is 1.63 bits per heavy atom. The van der Waals surface area contributed by atoms with Crippen LogP contribution in [0.15, 0.2) is 59.6 Å². The van der Waals surface area contributed by atoms with E-state index in [9.17, 15) is 17.2 Å². The summed E-state index contributed by atoms with van der Waals surface area (Å²) >= 11 is 1.54. The van der Waals surface area contributed by atoms with Crippen LogP contribution in [-0.4, -0.2) is 42.5 Å². The summed E-state index contributed by atoms with van der Waals surface area (Å²) in [6.45, 7) is 1.83. The van der Waals surface area contributed by atoms with Gasteiger partial charge in [-0.15, -0.1) is 0 Å². The van der Waals surface area contributed by atoms with Crippen LogP contribution < -0.4 is 14.9 Å². The number of aromatic nitrogens is 3. The zero-order valence-corrected chi connectivity index (χ0v) is 23.9. The summed E-state index contributed by atoms with van der Waals surface area (Å²) < 4.78 is 56.7. The maximum absolute atomic E-state index is 14.3. The highest BCUT2D eigenvalue weighted by atomic mass is 32.2. The van der Waals surface area contributed by atoms with Crippen LogP contribution in [0.1, 0.15) is 44.9 Å². The Kier molecular flexibility index (Phi) is 7.85.